The molecule has 0 saturated heterocycles. The van der Waals surface area contributed by atoms with Crippen LogP contribution in [-0.2, 0) is 0 Å². The van der Waals surface area contributed by atoms with E-state index in [0.717, 1.165) is 84.4 Å². The lowest BCUT2D eigenvalue weighted by atomic mass is 10.0. The zero-order valence-electron chi connectivity index (χ0n) is 39.0. The van der Waals surface area contributed by atoms with Crippen molar-refractivity contribution in [3.63, 3.8) is 0 Å². The van der Waals surface area contributed by atoms with E-state index in [1.54, 1.807) is 73.7 Å². The number of hydrogen-bond acceptors (Lipinski definition) is 8. The van der Waals surface area contributed by atoms with Gasteiger partial charge in [-0.2, -0.15) is 0 Å². The predicted octanol–water partition coefficient (Wildman–Crippen LogP) is 15.1. The molecule has 8 heteroatoms. The van der Waals surface area contributed by atoms with E-state index in [1.807, 2.05) is 0 Å². The Bertz CT molecular complexity index is 3070. The van der Waals surface area contributed by atoms with Crippen molar-refractivity contribution in [3.8, 4) is 34.5 Å². The molecule has 0 saturated carbocycles. The van der Waals surface area contributed by atoms with Crippen molar-refractivity contribution in [1.82, 2.24) is 0 Å². The molecule has 9 aromatic carbocycles. The SMILES string of the molecule is Cc1cc(OC(=O)c2ccc(OCCCCCCOc3c4ccccc4cc4ccccc34)cc2)ccc1OC(=O)c1ccc(OCCCCCCOc2c3ccccc3cc3ccccc23)cc1. The molecule has 0 unspecified atom stereocenters. The summed E-state index contributed by atoms with van der Waals surface area (Å²) in [6, 6.07) is 56.7. The third-order valence-electron chi connectivity index (χ3n) is 12.3. The van der Waals surface area contributed by atoms with Gasteiger partial charge in [-0.25, -0.2) is 9.59 Å². The average molecular weight is 917 g/mol. The van der Waals surface area contributed by atoms with Crippen LogP contribution in [0.2, 0.25) is 0 Å². The van der Waals surface area contributed by atoms with Crippen molar-refractivity contribution in [2.75, 3.05) is 26.4 Å². The summed E-state index contributed by atoms with van der Waals surface area (Å²) in [5.74, 6) is 3.03. The summed E-state index contributed by atoms with van der Waals surface area (Å²) in [5.41, 5.74) is 1.45. The molecule has 0 heterocycles. The van der Waals surface area contributed by atoms with Crippen LogP contribution in [0.25, 0.3) is 43.1 Å². The highest BCUT2D eigenvalue weighted by Gasteiger charge is 2.15. The number of unbranched alkanes of at least 4 members (excludes halogenated alkanes) is 6. The highest BCUT2D eigenvalue weighted by Crippen LogP contribution is 2.36. The van der Waals surface area contributed by atoms with Crippen LogP contribution < -0.4 is 28.4 Å². The third-order valence-corrected chi connectivity index (χ3v) is 12.3. The van der Waals surface area contributed by atoms with E-state index >= 15 is 0 Å². The first-order valence-electron chi connectivity index (χ1n) is 24.0. The van der Waals surface area contributed by atoms with Gasteiger partial charge >= 0.3 is 11.9 Å². The second kappa shape index (κ2) is 22.8. The number of fused-ring (bicyclic) bond motifs is 4. The number of rotatable bonds is 22. The van der Waals surface area contributed by atoms with Gasteiger partial charge in [0.25, 0.3) is 0 Å². The monoisotopic (exact) mass is 916 g/mol. The zero-order chi connectivity index (χ0) is 47.2. The number of esters is 2. The van der Waals surface area contributed by atoms with Gasteiger partial charge in [-0.1, -0.05) is 97.1 Å². The predicted molar refractivity (Wildman–Crippen MR) is 276 cm³/mol. The molecule has 0 N–H and O–H groups in total. The van der Waals surface area contributed by atoms with Crippen LogP contribution in [0.5, 0.6) is 34.5 Å². The Labute approximate surface area is 403 Å². The molecule has 69 heavy (non-hydrogen) atoms. The molecule has 9 rings (SSSR count). The number of carbonyl (C=O) groups is 2. The number of carbonyl (C=O) groups excluding carboxylic acids is 2. The molecular formula is C61H56O8. The number of benzene rings is 9. The van der Waals surface area contributed by atoms with E-state index in [9.17, 15) is 9.59 Å². The van der Waals surface area contributed by atoms with Crippen molar-refractivity contribution >= 4 is 55.0 Å². The van der Waals surface area contributed by atoms with Gasteiger partial charge < -0.3 is 28.4 Å². The van der Waals surface area contributed by atoms with Crippen molar-refractivity contribution in [2.45, 2.75) is 58.3 Å². The van der Waals surface area contributed by atoms with E-state index in [-0.39, 0.29) is 0 Å². The van der Waals surface area contributed by atoms with Gasteiger partial charge in [-0.05, 0) is 164 Å². The second-order valence-electron chi connectivity index (χ2n) is 17.3. The summed E-state index contributed by atoms with van der Waals surface area (Å²) >= 11 is 0. The molecule has 0 spiro atoms. The summed E-state index contributed by atoms with van der Waals surface area (Å²) in [5, 5.41) is 9.30. The highest BCUT2D eigenvalue weighted by atomic mass is 16.5. The Morgan fingerprint density at radius 1 is 0.348 bits per heavy atom. The molecule has 0 fully saturated rings. The largest absolute Gasteiger partial charge is 0.494 e. The van der Waals surface area contributed by atoms with E-state index in [2.05, 4.69) is 109 Å². The fourth-order valence-corrected chi connectivity index (χ4v) is 8.60. The topological polar surface area (TPSA) is 89.5 Å². The zero-order valence-corrected chi connectivity index (χ0v) is 39.0. The Balaban J connectivity index is 0.643. The van der Waals surface area contributed by atoms with Gasteiger partial charge in [0.1, 0.15) is 34.5 Å². The molecule has 0 aliphatic heterocycles. The van der Waals surface area contributed by atoms with E-state index in [4.69, 9.17) is 28.4 Å². The maximum absolute atomic E-state index is 13.0. The molecule has 9 aromatic rings. The quantitative estimate of drug-likeness (QED) is 0.0287. The summed E-state index contributed by atoms with van der Waals surface area (Å²) in [6.07, 6.45) is 7.87. The standard InChI is InChI=1S/C61H56O8/c1-43-40-52(68-60(62)44-26-30-50(31-27-44)64-36-14-2-4-16-38-66-58-53-22-10-6-18-46(53)41-47-19-7-11-23-54(47)58)34-35-57(43)69-61(63)45-28-32-51(33-29-45)65-37-15-3-5-17-39-67-59-55-24-12-8-20-48(55)42-49-21-9-13-25-56(49)59/h6-13,18-35,40-42H,2-5,14-17,36-39H2,1H3. The molecule has 8 nitrogen and oxygen atoms in total. The summed E-state index contributed by atoms with van der Waals surface area (Å²) < 4.78 is 36.0. The van der Waals surface area contributed by atoms with Crippen LogP contribution in [0.15, 0.2) is 176 Å². The molecular weight excluding hydrogens is 861 g/mol. The second-order valence-corrected chi connectivity index (χ2v) is 17.3. The maximum Gasteiger partial charge on any atom is 0.343 e. The number of aryl methyl sites for hydroxylation is 1. The number of hydrogen-bond donors (Lipinski definition) is 0. The van der Waals surface area contributed by atoms with Crippen LogP contribution in [0, 0.1) is 6.92 Å². The minimum Gasteiger partial charge on any atom is -0.494 e. The van der Waals surface area contributed by atoms with Crippen LogP contribution in [0.1, 0.15) is 77.6 Å². The van der Waals surface area contributed by atoms with Crippen molar-refractivity contribution in [3.05, 3.63) is 193 Å². The normalized spacial score (nSPS) is 11.2. The van der Waals surface area contributed by atoms with Gasteiger partial charge in [0.15, 0.2) is 0 Å². The molecule has 0 aromatic heterocycles. The summed E-state index contributed by atoms with van der Waals surface area (Å²) in [7, 11) is 0. The van der Waals surface area contributed by atoms with Crippen LogP contribution in [0.3, 0.4) is 0 Å². The fourth-order valence-electron chi connectivity index (χ4n) is 8.60. The molecule has 348 valence electrons. The Hall–Kier alpha value is -7.84. The Morgan fingerprint density at radius 3 is 1.09 bits per heavy atom. The molecule has 0 bridgehead atoms. The maximum atomic E-state index is 13.0. The first kappa shape index (κ1) is 46.3. The average Bonchev–Trinajstić information content (AvgIpc) is 3.38. The fraction of sp³-hybridized carbons (Fsp3) is 0.213. The lowest BCUT2D eigenvalue weighted by molar-refractivity contribution is 0.0718. The van der Waals surface area contributed by atoms with Crippen LogP contribution in [0.4, 0.5) is 0 Å². The van der Waals surface area contributed by atoms with Crippen molar-refractivity contribution in [2.24, 2.45) is 0 Å². The van der Waals surface area contributed by atoms with Gasteiger partial charge in [-0.3, -0.25) is 0 Å². The molecule has 0 radical (unpaired) electrons. The smallest absolute Gasteiger partial charge is 0.343 e. The molecule has 0 atom stereocenters. The number of ether oxygens (including phenoxy) is 6. The highest BCUT2D eigenvalue weighted by molar-refractivity contribution is 6.06. The van der Waals surface area contributed by atoms with Gasteiger partial charge in [0.05, 0.1) is 37.6 Å². The summed E-state index contributed by atoms with van der Waals surface area (Å²) in [4.78, 5) is 26.0. The van der Waals surface area contributed by atoms with E-state index in [0.29, 0.717) is 66.1 Å². The molecule has 0 aliphatic carbocycles. The lowest BCUT2D eigenvalue weighted by Gasteiger charge is -2.13. The minimum absolute atomic E-state index is 0.345. The van der Waals surface area contributed by atoms with Gasteiger partial charge in [-0.15, -0.1) is 0 Å². The van der Waals surface area contributed by atoms with Crippen molar-refractivity contribution < 1.29 is 38.0 Å². The lowest BCUT2D eigenvalue weighted by Crippen LogP contribution is -2.10. The Morgan fingerprint density at radius 2 is 0.696 bits per heavy atom. The van der Waals surface area contributed by atoms with Crippen molar-refractivity contribution in [1.29, 1.82) is 0 Å². The third kappa shape index (κ3) is 11.8. The summed E-state index contributed by atoms with van der Waals surface area (Å²) in [6.45, 7) is 4.28. The first-order chi connectivity index (χ1) is 34.0. The van der Waals surface area contributed by atoms with Gasteiger partial charge in [0, 0.05) is 21.5 Å². The molecule has 0 amide bonds. The van der Waals surface area contributed by atoms with E-state index < -0.39 is 11.9 Å². The minimum atomic E-state index is -0.497. The Kier molecular flexibility index (Phi) is 15.3. The first-order valence-corrected chi connectivity index (χ1v) is 24.0. The van der Waals surface area contributed by atoms with Crippen LogP contribution >= 0.6 is 0 Å². The molecule has 0 aliphatic rings. The van der Waals surface area contributed by atoms with E-state index in [1.165, 1.54) is 21.5 Å². The van der Waals surface area contributed by atoms with Gasteiger partial charge in [0.2, 0.25) is 0 Å². The van der Waals surface area contributed by atoms with Crippen LogP contribution in [-0.4, -0.2) is 38.4 Å².